The fourth-order valence-corrected chi connectivity index (χ4v) is 2.18. The third-order valence-corrected chi connectivity index (χ3v) is 3.79. The van der Waals surface area contributed by atoms with Gasteiger partial charge in [0.1, 0.15) is 11.3 Å². The number of anilines is 1. The van der Waals surface area contributed by atoms with Crippen LogP contribution in [0.3, 0.4) is 0 Å². The molecule has 0 bridgehead atoms. The van der Waals surface area contributed by atoms with Crippen LogP contribution in [0.5, 0.6) is 0 Å². The van der Waals surface area contributed by atoms with Crippen molar-refractivity contribution in [3.05, 3.63) is 21.9 Å². The molecule has 1 aromatic heterocycles. The lowest BCUT2D eigenvalue weighted by Gasteiger charge is -2.11. The van der Waals surface area contributed by atoms with Crippen LogP contribution in [0.25, 0.3) is 0 Å². The highest BCUT2D eigenvalue weighted by Gasteiger charge is 2.34. The van der Waals surface area contributed by atoms with Gasteiger partial charge in [0.25, 0.3) is 5.91 Å². The van der Waals surface area contributed by atoms with E-state index in [1.807, 2.05) is 0 Å². The number of hydrogen-bond donors (Lipinski definition) is 2. The number of nitrogens with zero attached hydrogens (tertiary/aromatic N) is 1. The number of pyridine rings is 1. The van der Waals surface area contributed by atoms with Gasteiger partial charge < -0.3 is 15.2 Å². The van der Waals surface area contributed by atoms with Crippen LogP contribution in [0, 0.1) is 0 Å². The predicted molar refractivity (Wildman–Crippen MR) is 71.1 cm³/mol. The van der Waals surface area contributed by atoms with Crippen molar-refractivity contribution < 1.29 is 19.4 Å². The molecule has 0 aromatic carbocycles. The Balaban J connectivity index is 1.98. The van der Waals surface area contributed by atoms with E-state index in [0.717, 1.165) is 0 Å². The molecule has 2 rings (SSSR count). The van der Waals surface area contributed by atoms with Crippen molar-refractivity contribution in [2.24, 2.45) is 0 Å². The van der Waals surface area contributed by atoms with Crippen molar-refractivity contribution in [1.29, 1.82) is 0 Å². The number of aliphatic carboxylic acids is 1. The highest BCUT2D eigenvalue weighted by molar-refractivity contribution is 9.10. The molecule has 1 aliphatic rings. The number of halogens is 2. The molecule has 2 atom stereocenters. The Bertz CT molecular complexity index is 525. The Kier molecular flexibility index (Phi) is 4.38. The van der Waals surface area contributed by atoms with Crippen molar-refractivity contribution >= 4 is 45.1 Å². The average molecular weight is 350 g/mol. The summed E-state index contributed by atoms with van der Waals surface area (Å²) in [5, 5.41) is 11.7. The molecule has 0 radical (unpaired) electrons. The van der Waals surface area contributed by atoms with Crippen LogP contribution in [0.2, 0.25) is 5.15 Å². The van der Waals surface area contributed by atoms with Gasteiger partial charge in [0, 0.05) is 0 Å². The Morgan fingerprint density at radius 2 is 2.16 bits per heavy atom. The number of carbonyl (C=O) groups excluding carboxylic acids is 1. The molecule has 1 saturated heterocycles. The maximum Gasteiger partial charge on any atom is 0.332 e. The number of carboxylic acid groups (broad SMARTS) is 1. The quantitative estimate of drug-likeness (QED) is 0.816. The van der Waals surface area contributed by atoms with E-state index in [-0.39, 0.29) is 5.91 Å². The Hall–Kier alpha value is -1.18. The van der Waals surface area contributed by atoms with Gasteiger partial charge in [0.2, 0.25) is 0 Å². The maximum atomic E-state index is 11.9. The highest BCUT2D eigenvalue weighted by Crippen LogP contribution is 2.24. The summed E-state index contributed by atoms with van der Waals surface area (Å²) in [5.74, 6) is -1.44. The predicted octanol–water partition coefficient (Wildman–Crippen LogP) is 2.07. The van der Waals surface area contributed by atoms with E-state index in [4.69, 9.17) is 21.4 Å². The summed E-state index contributed by atoms with van der Waals surface area (Å²) in [4.78, 5) is 26.5. The molecule has 1 amide bonds. The fourth-order valence-electron chi connectivity index (χ4n) is 1.72. The maximum absolute atomic E-state index is 11.9. The van der Waals surface area contributed by atoms with Crippen LogP contribution in [0.15, 0.2) is 16.7 Å². The van der Waals surface area contributed by atoms with Crippen LogP contribution in [-0.4, -0.2) is 34.2 Å². The van der Waals surface area contributed by atoms with Gasteiger partial charge in [0.15, 0.2) is 6.10 Å². The van der Waals surface area contributed by atoms with E-state index < -0.39 is 18.2 Å². The van der Waals surface area contributed by atoms with Crippen LogP contribution >= 0.6 is 27.5 Å². The topological polar surface area (TPSA) is 88.5 Å². The van der Waals surface area contributed by atoms with Gasteiger partial charge in [0.05, 0.1) is 16.4 Å². The number of rotatable bonds is 3. The first-order chi connectivity index (χ1) is 8.97. The number of carbonyl (C=O) groups is 2. The number of carboxylic acids is 1. The molecule has 1 aromatic rings. The SMILES string of the molecule is O=C(O)C1CCC(C(=O)Nc2cnc(Cl)c(Br)c2)O1. The summed E-state index contributed by atoms with van der Waals surface area (Å²) in [7, 11) is 0. The van der Waals surface area contributed by atoms with Gasteiger partial charge in [-0.15, -0.1) is 0 Å². The second-order valence-electron chi connectivity index (χ2n) is 4.01. The molecule has 1 fully saturated rings. The first-order valence-corrected chi connectivity index (χ1v) is 6.64. The van der Waals surface area contributed by atoms with E-state index in [0.29, 0.717) is 28.2 Å². The molecule has 1 aliphatic heterocycles. The second-order valence-corrected chi connectivity index (χ2v) is 5.23. The standard InChI is InChI=1S/C11H10BrClN2O4/c12-6-3-5(4-14-9(6)13)15-10(16)7-1-2-8(19-7)11(17)18/h3-4,7-8H,1-2H2,(H,15,16)(H,17,18). The van der Waals surface area contributed by atoms with Crippen molar-refractivity contribution in [3.63, 3.8) is 0 Å². The summed E-state index contributed by atoms with van der Waals surface area (Å²) in [6.07, 6.45) is 0.455. The van der Waals surface area contributed by atoms with Crippen LogP contribution < -0.4 is 5.32 Å². The smallest absolute Gasteiger partial charge is 0.332 e. The van der Waals surface area contributed by atoms with E-state index in [2.05, 4.69) is 26.2 Å². The van der Waals surface area contributed by atoms with Crippen molar-refractivity contribution in [2.45, 2.75) is 25.0 Å². The molecule has 6 nitrogen and oxygen atoms in total. The second kappa shape index (κ2) is 5.85. The molecule has 2 unspecified atom stereocenters. The number of ether oxygens (including phenoxy) is 1. The zero-order valence-electron chi connectivity index (χ0n) is 9.60. The Morgan fingerprint density at radius 1 is 1.47 bits per heavy atom. The van der Waals surface area contributed by atoms with Crippen molar-refractivity contribution in [2.75, 3.05) is 5.32 Å². The summed E-state index contributed by atoms with van der Waals surface area (Å²) in [5.41, 5.74) is 0.462. The fraction of sp³-hybridized carbons (Fsp3) is 0.364. The number of aromatic nitrogens is 1. The molecule has 8 heteroatoms. The Morgan fingerprint density at radius 3 is 2.74 bits per heavy atom. The summed E-state index contributed by atoms with van der Waals surface area (Å²) >= 11 is 8.93. The van der Waals surface area contributed by atoms with Crippen LogP contribution in [0.1, 0.15) is 12.8 Å². The summed E-state index contributed by atoms with van der Waals surface area (Å²) in [6, 6.07) is 1.61. The molecule has 0 spiro atoms. The minimum absolute atomic E-state index is 0.293. The molecule has 102 valence electrons. The van der Waals surface area contributed by atoms with E-state index in [1.54, 1.807) is 6.07 Å². The zero-order chi connectivity index (χ0) is 14.0. The first kappa shape index (κ1) is 14.2. The average Bonchev–Trinajstić information content (AvgIpc) is 2.83. The largest absolute Gasteiger partial charge is 0.479 e. The summed E-state index contributed by atoms with van der Waals surface area (Å²) in [6.45, 7) is 0. The van der Waals surface area contributed by atoms with E-state index >= 15 is 0 Å². The normalized spacial score (nSPS) is 22.2. The van der Waals surface area contributed by atoms with E-state index in [1.165, 1.54) is 6.20 Å². The highest BCUT2D eigenvalue weighted by atomic mass is 79.9. The third kappa shape index (κ3) is 3.43. The number of hydrogen-bond acceptors (Lipinski definition) is 4. The van der Waals surface area contributed by atoms with Gasteiger partial charge in [-0.25, -0.2) is 9.78 Å². The molecular weight excluding hydrogens is 339 g/mol. The number of nitrogens with one attached hydrogen (secondary N) is 1. The van der Waals surface area contributed by atoms with Gasteiger partial charge >= 0.3 is 5.97 Å². The third-order valence-electron chi connectivity index (χ3n) is 2.65. The summed E-state index contributed by atoms with van der Waals surface area (Å²) < 4.78 is 5.70. The monoisotopic (exact) mass is 348 g/mol. The zero-order valence-corrected chi connectivity index (χ0v) is 11.9. The lowest BCUT2D eigenvalue weighted by molar-refractivity contribution is -0.150. The van der Waals surface area contributed by atoms with E-state index in [9.17, 15) is 9.59 Å². The van der Waals surface area contributed by atoms with Gasteiger partial charge in [-0.05, 0) is 34.8 Å². The molecule has 2 heterocycles. The van der Waals surface area contributed by atoms with Gasteiger partial charge in [-0.2, -0.15) is 0 Å². The molecule has 0 aliphatic carbocycles. The van der Waals surface area contributed by atoms with Gasteiger partial charge in [-0.1, -0.05) is 11.6 Å². The van der Waals surface area contributed by atoms with Crippen molar-refractivity contribution in [1.82, 2.24) is 4.98 Å². The lowest BCUT2D eigenvalue weighted by atomic mass is 10.2. The van der Waals surface area contributed by atoms with Crippen LogP contribution in [0.4, 0.5) is 5.69 Å². The van der Waals surface area contributed by atoms with Crippen molar-refractivity contribution in [3.8, 4) is 0 Å². The minimum atomic E-state index is -1.05. The molecule has 2 N–H and O–H groups in total. The molecule has 0 saturated carbocycles. The molecular formula is C11H10BrClN2O4. The molecule has 19 heavy (non-hydrogen) atoms. The van der Waals surface area contributed by atoms with Crippen LogP contribution in [-0.2, 0) is 14.3 Å². The number of amides is 1. The Labute approximate surface area is 122 Å². The van der Waals surface area contributed by atoms with Gasteiger partial charge in [-0.3, -0.25) is 4.79 Å². The minimum Gasteiger partial charge on any atom is -0.479 e. The lowest BCUT2D eigenvalue weighted by Crippen LogP contribution is -2.29. The first-order valence-electron chi connectivity index (χ1n) is 5.47.